The van der Waals surface area contributed by atoms with Crippen LogP contribution in [-0.2, 0) is 14.3 Å². The maximum atomic E-state index is 12.4. The van der Waals surface area contributed by atoms with Crippen LogP contribution < -0.4 is 5.32 Å². The summed E-state index contributed by atoms with van der Waals surface area (Å²) in [6.07, 6.45) is 5.04. The van der Waals surface area contributed by atoms with Gasteiger partial charge < -0.3 is 19.9 Å². The van der Waals surface area contributed by atoms with Crippen molar-refractivity contribution in [1.29, 1.82) is 0 Å². The third-order valence-electron chi connectivity index (χ3n) is 4.42. The quantitative estimate of drug-likeness (QED) is 0.756. The standard InChI is InChI=1S/C18H25NO4S/c1-2-22-18-13(5-3-9-20)14(16-6-4-10-24-16)11-15(23-18)17(21)19-12-7-8-12/h4,6,10-14,18,20H,2-3,5,7-9H2,1H3,(H,19,21)/t13-,14-,18+/m0/s1. The summed E-state index contributed by atoms with van der Waals surface area (Å²) in [5.41, 5.74) is 0. The highest BCUT2D eigenvalue weighted by Gasteiger charge is 2.39. The third-order valence-corrected chi connectivity index (χ3v) is 5.39. The summed E-state index contributed by atoms with van der Waals surface area (Å²) >= 11 is 1.68. The molecule has 0 bridgehead atoms. The zero-order chi connectivity index (χ0) is 16.9. The van der Waals surface area contributed by atoms with Gasteiger partial charge in [0.05, 0.1) is 0 Å². The average molecular weight is 351 g/mol. The van der Waals surface area contributed by atoms with Crippen molar-refractivity contribution in [3.63, 3.8) is 0 Å². The lowest BCUT2D eigenvalue weighted by Gasteiger charge is -2.36. The van der Waals surface area contributed by atoms with Crippen molar-refractivity contribution in [2.75, 3.05) is 13.2 Å². The van der Waals surface area contributed by atoms with Crippen molar-refractivity contribution >= 4 is 17.2 Å². The van der Waals surface area contributed by atoms with Crippen LogP contribution in [0.3, 0.4) is 0 Å². The maximum absolute atomic E-state index is 12.4. The molecule has 2 aliphatic rings. The van der Waals surface area contributed by atoms with E-state index < -0.39 is 6.29 Å². The highest BCUT2D eigenvalue weighted by atomic mass is 32.1. The Labute approximate surface area is 146 Å². The van der Waals surface area contributed by atoms with E-state index in [9.17, 15) is 9.90 Å². The number of hydrogen-bond acceptors (Lipinski definition) is 5. The second-order valence-corrected chi connectivity index (χ2v) is 7.27. The summed E-state index contributed by atoms with van der Waals surface area (Å²) in [7, 11) is 0. The largest absolute Gasteiger partial charge is 0.459 e. The topological polar surface area (TPSA) is 67.8 Å². The zero-order valence-corrected chi connectivity index (χ0v) is 14.8. The Morgan fingerprint density at radius 3 is 2.96 bits per heavy atom. The normalized spacial score (nSPS) is 26.6. The lowest BCUT2D eigenvalue weighted by atomic mass is 9.84. The van der Waals surface area contributed by atoms with Gasteiger partial charge in [0.1, 0.15) is 0 Å². The SMILES string of the molecule is CCO[C@@H]1OC(C(=O)NC2CC2)=C[C@H](c2cccs2)[C@@H]1CCCO. The Balaban J connectivity index is 1.85. The van der Waals surface area contributed by atoms with Crippen LogP contribution in [0, 0.1) is 5.92 Å². The highest BCUT2D eigenvalue weighted by molar-refractivity contribution is 7.10. The maximum Gasteiger partial charge on any atom is 0.286 e. The molecule has 24 heavy (non-hydrogen) atoms. The molecule has 6 heteroatoms. The molecule has 1 saturated carbocycles. The first kappa shape index (κ1) is 17.5. The first-order chi connectivity index (χ1) is 11.7. The van der Waals surface area contributed by atoms with E-state index in [4.69, 9.17) is 9.47 Å². The molecule has 2 heterocycles. The second kappa shape index (κ2) is 8.14. The number of thiophene rings is 1. The molecule has 1 aliphatic carbocycles. The molecular weight excluding hydrogens is 326 g/mol. The van der Waals surface area contributed by atoms with Gasteiger partial charge in [0.25, 0.3) is 5.91 Å². The van der Waals surface area contributed by atoms with Gasteiger partial charge >= 0.3 is 0 Å². The lowest BCUT2D eigenvalue weighted by molar-refractivity contribution is -0.166. The van der Waals surface area contributed by atoms with E-state index in [0.29, 0.717) is 24.8 Å². The highest BCUT2D eigenvalue weighted by Crippen LogP contribution is 2.41. The van der Waals surface area contributed by atoms with E-state index in [0.717, 1.165) is 19.3 Å². The van der Waals surface area contributed by atoms with Gasteiger partial charge in [-0.1, -0.05) is 6.07 Å². The minimum absolute atomic E-state index is 0.0711. The first-order valence-electron chi connectivity index (χ1n) is 8.68. The van der Waals surface area contributed by atoms with E-state index in [1.165, 1.54) is 4.88 Å². The number of nitrogens with one attached hydrogen (secondary N) is 1. The molecule has 1 aliphatic heterocycles. The molecule has 1 fully saturated rings. The number of aliphatic hydroxyl groups is 1. The fourth-order valence-corrected chi connectivity index (χ4v) is 3.93. The Morgan fingerprint density at radius 2 is 2.33 bits per heavy atom. The Kier molecular flexibility index (Phi) is 5.92. The smallest absolute Gasteiger partial charge is 0.286 e. The summed E-state index contributed by atoms with van der Waals surface area (Å²) in [6, 6.07) is 4.40. The Bertz CT molecular complexity index is 568. The molecule has 0 spiro atoms. The molecule has 1 aromatic rings. The molecule has 0 saturated heterocycles. The summed E-state index contributed by atoms with van der Waals surface area (Å²) < 4.78 is 11.7. The van der Waals surface area contributed by atoms with Crippen molar-refractivity contribution < 1.29 is 19.4 Å². The van der Waals surface area contributed by atoms with E-state index >= 15 is 0 Å². The molecule has 2 N–H and O–H groups in total. The third kappa shape index (κ3) is 4.18. The van der Waals surface area contributed by atoms with Gasteiger partial charge in [-0.05, 0) is 50.1 Å². The minimum atomic E-state index is -0.460. The van der Waals surface area contributed by atoms with E-state index in [-0.39, 0.29) is 24.3 Å². The van der Waals surface area contributed by atoms with Crippen LogP contribution in [0.5, 0.6) is 0 Å². The summed E-state index contributed by atoms with van der Waals surface area (Å²) in [5, 5.41) is 14.2. The molecule has 0 unspecified atom stereocenters. The lowest BCUT2D eigenvalue weighted by Crippen LogP contribution is -2.39. The van der Waals surface area contributed by atoms with Crippen LogP contribution in [0.2, 0.25) is 0 Å². The molecule has 0 radical (unpaired) electrons. The minimum Gasteiger partial charge on any atom is -0.459 e. The zero-order valence-electron chi connectivity index (χ0n) is 13.9. The van der Waals surface area contributed by atoms with Crippen molar-refractivity contribution in [2.24, 2.45) is 5.92 Å². The Morgan fingerprint density at radius 1 is 1.50 bits per heavy atom. The number of allylic oxidation sites excluding steroid dienone is 1. The van der Waals surface area contributed by atoms with Crippen LogP contribution in [0.15, 0.2) is 29.3 Å². The molecule has 0 aromatic carbocycles. The van der Waals surface area contributed by atoms with Crippen LogP contribution >= 0.6 is 11.3 Å². The number of amides is 1. The number of carbonyl (C=O) groups excluding carboxylic acids is 1. The Hall–Kier alpha value is -1.37. The van der Waals surface area contributed by atoms with Gasteiger partial charge in [0, 0.05) is 36.0 Å². The van der Waals surface area contributed by atoms with Gasteiger partial charge in [0.15, 0.2) is 5.76 Å². The molecule has 1 aromatic heterocycles. The fraction of sp³-hybridized carbons (Fsp3) is 0.611. The number of rotatable bonds is 8. The van der Waals surface area contributed by atoms with Crippen LogP contribution in [0.4, 0.5) is 0 Å². The van der Waals surface area contributed by atoms with E-state index in [1.807, 2.05) is 24.4 Å². The second-order valence-electron chi connectivity index (χ2n) is 6.29. The first-order valence-corrected chi connectivity index (χ1v) is 9.56. The molecule has 3 rings (SSSR count). The summed E-state index contributed by atoms with van der Waals surface area (Å²) in [6.45, 7) is 2.59. The van der Waals surface area contributed by atoms with Crippen molar-refractivity contribution in [1.82, 2.24) is 5.32 Å². The summed E-state index contributed by atoms with van der Waals surface area (Å²) in [4.78, 5) is 13.6. The van der Waals surface area contributed by atoms with Crippen molar-refractivity contribution in [3.8, 4) is 0 Å². The van der Waals surface area contributed by atoms with Crippen molar-refractivity contribution in [2.45, 2.75) is 50.9 Å². The van der Waals surface area contributed by atoms with Gasteiger partial charge in [-0.25, -0.2) is 0 Å². The number of hydrogen-bond donors (Lipinski definition) is 2. The van der Waals surface area contributed by atoms with E-state index in [1.54, 1.807) is 11.3 Å². The van der Waals surface area contributed by atoms with Crippen LogP contribution in [0.1, 0.15) is 43.4 Å². The fourth-order valence-electron chi connectivity index (χ4n) is 3.06. The monoisotopic (exact) mass is 351 g/mol. The molecule has 3 atom stereocenters. The number of aliphatic hydroxyl groups excluding tert-OH is 1. The van der Waals surface area contributed by atoms with Crippen molar-refractivity contribution in [3.05, 3.63) is 34.2 Å². The van der Waals surface area contributed by atoms with Gasteiger partial charge in [-0.2, -0.15) is 0 Å². The van der Waals surface area contributed by atoms with Crippen LogP contribution in [0.25, 0.3) is 0 Å². The van der Waals surface area contributed by atoms with Crippen LogP contribution in [-0.4, -0.2) is 36.6 Å². The molecule has 1 amide bonds. The summed E-state index contributed by atoms with van der Waals surface area (Å²) in [5.74, 6) is 0.374. The van der Waals surface area contributed by atoms with Gasteiger partial charge in [-0.3, -0.25) is 4.79 Å². The molecule has 5 nitrogen and oxygen atoms in total. The van der Waals surface area contributed by atoms with Gasteiger partial charge in [-0.15, -0.1) is 11.3 Å². The number of ether oxygens (including phenoxy) is 2. The molecule has 132 valence electrons. The van der Waals surface area contributed by atoms with Gasteiger partial charge in [0.2, 0.25) is 6.29 Å². The predicted molar refractivity (Wildman–Crippen MR) is 92.6 cm³/mol. The van der Waals surface area contributed by atoms with E-state index in [2.05, 4.69) is 11.4 Å². The number of carbonyl (C=O) groups is 1. The molecular formula is C18H25NO4S. The predicted octanol–water partition coefficient (Wildman–Crippen LogP) is 2.78. The average Bonchev–Trinajstić information content (AvgIpc) is 3.23.